The van der Waals surface area contributed by atoms with Crippen molar-refractivity contribution in [3.8, 4) is 18.1 Å². The summed E-state index contributed by atoms with van der Waals surface area (Å²) in [7, 11) is 0. The van der Waals surface area contributed by atoms with E-state index in [1.54, 1.807) is 0 Å². The lowest BCUT2D eigenvalue weighted by atomic mass is 10.2. The highest BCUT2D eigenvalue weighted by Gasteiger charge is 1.97. The van der Waals surface area contributed by atoms with Crippen LogP contribution in [0.4, 0.5) is 0 Å². The van der Waals surface area contributed by atoms with Crippen LogP contribution in [0.2, 0.25) is 0 Å². The lowest BCUT2D eigenvalue weighted by Crippen LogP contribution is -2.18. The largest absolute Gasteiger partial charge is 0.481 e. The molecule has 0 spiro atoms. The van der Waals surface area contributed by atoms with Crippen molar-refractivity contribution >= 4 is 0 Å². The van der Waals surface area contributed by atoms with Gasteiger partial charge in [-0.15, -0.1) is 6.42 Å². The number of ether oxygens (including phenoxy) is 1. The molecular weight excluding hydrogens is 198 g/mol. The zero-order chi connectivity index (χ0) is 11.8. The van der Waals surface area contributed by atoms with E-state index in [9.17, 15) is 0 Å². The second kappa shape index (κ2) is 6.92. The number of hydrogen-bond donors (Lipinski definition) is 1. The van der Waals surface area contributed by atoms with Crippen molar-refractivity contribution in [3.63, 3.8) is 0 Å². The molecule has 0 bridgehead atoms. The Labute approximate surface area is 98.0 Å². The van der Waals surface area contributed by atoms with Crippen LogP contribution in [0.15, 0.2) is 24.3 Å². The Kier molecular flexibility index (Phi) is 5.45. The van der Waals surface area contributed by atoms with Crippen molar-refractivity contribution in [1.82, 2.24) is 5.32 Å². The molecule has 0 amide bonds. The summed E-state index contributed by atoms with van der Waals surface area (Å²) in [6.45, 7) is 6.60. The van der Waals surface area contributed by atoms with Gasteiger partial charge in [-0.05, 0) is 30.2 Å². The first-order valence-electron chi connectivity index (χ1n) is 5.58. The fourth-order valence-electron chi connectivity index (χ4n) is 1.38. The molecule has 1 aromatic rings. The molecule has 1 aromatic carbocycles. The maximum absolute atomic E-state index is 5.36. The molecule has 0 aliphatic rings. The van der Waals surface area contributed by atoms with Crippen LogP contribution in [0.25, 0.3) is 0 Å². The maximum Gasteiger partial charge on any atom is 0.148 e. The van der Waals surface area contributed by atoms with Gasteiger partial charge in [0.25, 0.3) is 0 Å². The molecule has 2 heteroatoms. The molecule has 2 nitrogen and oxygen atoms in total. The second-order valence-corrected chi connectivity index (χ2v) is 4.16. The van der Waals surface area contributed by atoms with Crippen LogP contribution in [-0.2, 0) is 6.54 Å². The Bertz CT molecular complexity index is 352. The summed E-state index contributed by atoms with van der Waals surface area (Å²) >= 11 is 0. The van der Waals surface area contributed by atoms with Gasteiger partial charge in [0.15, 0.2) is 0 Å². The molecule has 1 N–H and O–H groups in total. The SMILES string of the molecule is C#CCOc1cccc(CNCC(C)C)c1. The summed E-state index contributed by atoms with van der Waals surface area (Å²) in [4.78, 5) is 0. The molecule has 16 heavy (non-hydrogen) atoms. The van der Waals surface area contributed by atoms with E-state index >= 15 is 0 Å². The van der Waals surface area contributed by atoms with Crippen LogP contribution >= 0.6 is 0 Å². The molecule has 0 saturated heterocycles. The molecule has 0 aromatic heterocycles. The number of terminal acetylenes is 1. The van der Waals surface area contributed by atoms with Gasteiger partial charge < -0.3 is 10.1 Å². The first-order valence-corrected chi connectivity index (χ1v) is 5.58. The minimum Gasteiger partial charge on any atom is -0.481 e. The highest BCUT2D eigenvalue weighted by molar-refractivity contribution is 5.28. The Hall–Kier alpha value is -1.46. The zero-order valence-corrected chi connectivity index (χ0v) is 9.99. The van der Waals surface area contributed by atoms with Crippen molar-refractivity contribution in [2.45, 2.75) is 20.4 Å². The number of hydrogen-bond acceptors (Lipinski definition) is 2. The predicted octanol–water partition coefficient (Wildman–Crippen LogP) is 2.44. The molecule has 0 radical (unpaired) electrons. The first kappa shape index (κ1) is 12.6. The van der Waals surface area contributed by atoms with Crippen molar-refractivity contribution in [1.29, 1.82) is 0 Å². The quantitative estimate of drug-likeness (QED) is 0.739. The lowest BCUT2D eigenvalue weighted by molar-refractivity contribution is 0.370. The third-order valence-electron chi connectivity index (χ3n) is 2.10. The Morgan fingerprint density at radius 1 is 1.44 bits per heavy atom. The normalized spacial score (nSPS) is 10.1. The van der Waals surface area contributed by atoms with Crippen molar-refractivity contribution in [2.24, 2.45) is 5.92 Å². The van der Waals surface area contributed by atoms with Gasteiger partial charge in [-0.1, -0.05) is 31.9 Å². The number of benzene rings is 1. The summed E-state index contributed by atoms with van der Waals surface area (Å²) in [5, 5.41) is 3.39. The fraction of sp³-hybridized carbons (Fsp3) is 0.429. The second-order valence-electron chi connectivity index (χ2n) is 4.16. The number of nitrogens with one attached hydrogen (secondary N) is 1. The monoisotopic (exact) mass is 217 g/mol. The summed E-state index contributed by atoms with van der Waals surface area (Å²) in [5.41, 5.74) is 1.22. The summed E-state index contributed by atoms with van der Waals surface area (Å²) in [6, 6.07) is 8.00. The topological polar surface area (TPSA) is 21.3 Å². The van der Waals surface area contributed by atoms with E-state index in [4.69, 9.17) is 11.2 Å². The van der Waals surface area contributed by atoms with Crippen LogP contribution in [0.1, 0.15) is 19.4 Å². The van der Waals surface area contributed by atoms with E-state index in [1.165, 1.54) is 5.56 Å². The summed E-state index contributed by atoms with van der Waals surface area (Å²) < 4.78 is 5.36. The van der Waals surface area contributed by atoms with Crippen LogP contribution in [-0.4, -0.2) is 13.2 Å². The molecule has 0 aliphatic carbocycles. The Morgan fingerprint density at radius 3 is 2.94 bits per heavy atom. The number of rotatable bonds is 6. The average molecular weight is 217 g/mol. The smallest absolute Gasteiger partial charge is 0.148 e. The lowest BCUT2D eigenvalue weighted by Gasteiger charge is -2.08. The van der Waals surface area contributed by atoms with Gasteiger partial charge in [0.2, 0.25) is 0 Å². The van der Waals surface area contributed by atoms with E-state index in [0.717, 1.165) is 18.8 Å². The molecule has 0 heterocycles. The van der Waals surface area contributed by atoms with Gasteiger partial charge in [0.05, 0.1) is 0 Å². The van der Waals surface area contributed by atoms with Crippen LogP contribution in [0.5, 0.6) is 5.75 Å². The molecule has 0 saturated carbocycles. The Balaban J connectivity index is 2.44. The van der Waals surface area contributed by atoms with Gasteiger partial charge in [-0.25, -0.2) is 0 Å². The van der Waals surface area contributed by atoms with E-state index in [2.05, 4.69) is 31.2 Å². The highest BCUT2D eigenvalue weighted by atomic mass is 16.5. The zero-order valence-electron chi connectivity index (χ0n) is 9.99. The predicted molar refractivity (Wildman–Crippen MR) is 67.3 cm³/mol. The minimum atomic E-state index is 0.322. The molecular formula is C14H19NO. The highest BCUT2D eigenvalue weighted by Crippen LogP contribution is 2.12. The van der Waals surface area contributed by atoms with Gasteiger partial charge in [-0.2, -0.15) is 0 Å². The van der Waals surface area contributed by atoms with Crippen LogP contribution in [0, 0.1) is 18.3 Å². The van der Waals surface area contributed by atoms with Gasteiger partial charge in [0.1, 0.15) is 12.4 Å². The molecule has 0 atom stereocenters. The maximum atomic E-state index is 5.36. The van der Waals surface area contributed by atoms with Crippen molar-refractivity contribution < 1.29 is 4.74 Å². The van der Waals surface area contributed by atoms with Crippen molar-refractivity contribution in [3.05, 3.63) is 29.8 Å². The van der Waals surface area contributed by atoms with Crippen molar-refractivity contribution in [2.75, 3.05) is 13.2 Å². The standard InChI is InChI=1S/C14H19NO/c1-4-8-16-14-7-5-6-13(9-14)11-15-10-12(2)3/h1,5-7,9,12,15H,8,10-11H2,2-3H3. The average Bonchev–Trinajstić information content (AvgIpc) is 2.26. The van der Waals surface area contributed by atoms with Crippen LogP contribution in [0.3, 0.4) is 0 Å². The summed E-state index contributed by atoms with van der Waals surface area (Å²) in [5.74, 6) is 3.96. The fourth-order valence-corrected chi connectivity index (χ4v) is 1.38. The molecule has 0 aliphatic heterocycles. The molecule has 0 fully saturated rings. The molecule has 0 unspecified atom stereocenters. The van der Waals surface area contributed by atoms with E-state index < -0.39 is 0 Å². The van der Waals surface area contributed by atoms with Gasteiger partial charge in [0, 0.05) is 6.54 Å². The van der Waals surface area contributed by atoms with E-state index in [1.807, 2.05) is 18.2 Å². The third kappa shape index (κ3) is 4.86. The molecule has 1 rings (SSSR count). The minimum absolute atomic E-state index is 0.322. The first-order chi connectivity index (χ1) is 7.72. The van der Waals surface area contributed by atoms with Gasteiger partial charge in [-0.3, -0.25) is 0 Å². The van der Waals surface area contributed by atoms with Crippen LogP contribution < -0.4 is 10.1 Å². The summed E-state index contributed by atoms with van der Waals surface area (Å²) in [6.07, 6.45) is 5.14. The Morgan fingerprint density at radius 2 is 2.25 bits per heavy atom. The third-order valence-corrected chi connectivity index (χ3v) is 2.10. The van der Waals surface area contributed by atoms with Gasteiger partial charge >= 0.3 is 0 Å². The van der Waals surface area contributed by atoms with E-state index in [0.29, 0.717) is 12.5 Å². The molecule has 86 valence electrons. The van der Waals surface area contributed by atoms with E-state index in [-0.39, 0.29) is 0 Å².